The van der Waals surface area contributed by atoms with Crippen molar-refractivity contribution in [1.29, 1.82) is 0 Å². The molecule has 0 aliphatic carbocycles. The van der Waals surface area contributed by atoms with Crippen LogP contribution in [-0.2, 0) is 15.1 Å². The van der Waals surface area contributed by atoms with E-state index in [0.29, 0.717) is 6.61 Å². The molecule has 3 amide bonds. The number of hydrogen-bond acceptors (Lipinski definition) is 3. The minimum atomic E-state index is -1.05. The Labute approximate surface area is 112 Å². The summed E-state index contributed by atoms with van der Waals surface area (Å²) in [6, 6.07) is 8.97. The molecule has 0 spiro atoms. The monoisotopic (exact) mass is 262 g/mol. The maximum atomic E-state index is 12.5. The molecule has 0 radical (unpaired) electrons. The molecule has 1 aliphatic rings. The number of amides is 3. The van der Waals surface area contributed by atoms with Crippen LogP contribution in [0.1, 0.15) is 12.5 Å². The summed E-state index contributed by atoms with van der Waals surface area (Å²) < 4.78 is 5.47. The van der Waals surface area contributed by atoms with Gasteiger partial charge in [0, 0.05) is 20.7 Å². The zero-order valence-corrected chi connectivity index (χ0v) is 11.4. The Morgan fingerprint density at radius 3 is 2.26 bits per heavy atom. The van der Waals surface area contributed by atoms with Crippen LogP contribution in [0.3, 0.4) is 0 Å². The highest BCUT2D eigenvalue weighted by Crippen LogP contribution is 2.35. The first-order valence-electron chi connectivity index (χ1n) is 6.25. The fourth-order valence-corrected chi connectivity index (χ4v) is 2.42. The number of imide groups is 1. The highest BCUT2D eigenvalue weighted by molar-refractivity contribution is 6.07. The summed E-state index contributed by atoms with van der Waals surface area (Å²) in [5, 5.41) is 0. The molecular weight excluding hydrogens is 244 g/mol. The van der Waals surface area contributed by atoms with Gasteiger partial charge in [0.1, 0.15) is 0 Å². The summed E-state index contributed by atoms with van der Waals surface area (Å²) in [6.07, 6.45) is 0. The SMILES string of the molecule is CCOCC1(c2ccccc2)C(=O)N(C)C(=O)N1C. The summed E-state index contributed by atoms with van der Waals surface area (Å²) >= 11 is 0. The standard InChI is InChI=1S/C14H18N2O3/c1-4-19-10-14(11-8-6-5-7-9-11)12(17)15(2)13(18)16(14)3/h5-9H,4,10H2,1-3H3. The van der Waals surface area contributed by atoms with E-state index in [1.165, 1.54) is 11.9 Å². The van der Waals surface area contributed by atoms with Crippen molar-refractivity contribution < 1.29 is 14.3 Å². The minimum Gasteiger partial charge on any atom is -0.378 e. The molecule has 2 rings (SSSR count). The van der Waals surface area contributed by atoms with E-state index >= 15 is 0 Å². The van der Waals surface area contributed by atoms with E-state index in [1.807, 2.05) is 37.3 Å². The van der Waals surface area contributed by atoms with Gasteiger partial charge in [0.15, 0.2) is 5.54 Å². The van der Waals surface area contributed by atoms with Gasteiger partial charge in [0.05, 0.1) is 6.61 Å². The fourth-order valence-electron chi connectivity index (χ4n) is 2.42. The topological polar surface area (TPSA) is 49.9 Å². The molecule has 0 aromatic heterocycles. The quantitative estimate of drug-likeness (QED) is 0.772. The van der Waals surface area contributed by atoms with Crippen LogP contribution < -0.4 is 0 Å². The summed E-state index contributed by atoms with van der Waals surface area (Å²) in [5.41, 5.74) is -0.281. The van der Waals surface area contributed by atoms with Crippen LogP contribution in [0.15, 0.2) is 30.3 Å². The fraction of sp³-hybridized carbons (Fsp3) is 0.429. The van der Waals surface area contributed by atoms with Crippen molar-refractivity contribution in [2.24, 2.45) is 0 Å². The van der Waals surface area contributed by atoms with Gasteiger partial charge in [-0.3, -0.25) is 9.69 Å². The van der Waals surface area contributed by atoms with Crippen LogP contribution in [0.4, 0.5) is 4.79 Å². The molecule has 1 fully saturated rings. The molecule has 0 bridgehead atoms. The largest absolute Gasteiger partial charge is 0.378 e. The predicted octanol–water partition coefficient (Wildman–Crippen LogP) is 1.44. The van der Waals surface area contributed by atoms with Crippen molar-refractivity contribution in [3.8, 4) is 0 Å². The number of rotatable bonds is 4. The molecule has 0 saturated carbocycles. The van der Waals surface area contributed by atoms with Crippen LogP contribution in [0.25, 0.3) is 0 Å². The second-order valence-corrected chi connectivity index (χ2v) is 4.57. The van der Waals surface area contributed by atoms with Crippen LogP contribution in [-0.4, -0.2) is 49.0 Å². The summed E-state index contributed by atoms with van der Waals surface area (Å²) in [7, 11) is 3.13. The molecule has 1 aromatic rings. The predicted molar refractivity (Wildman–Crippen MR) is 70.5 cm³/mol. The number of ether oxygens (including phenoxy) is 1. The molecule has 0 N–H and O–H groups in total. The molecule has 1 aromatic carbocycles. The molecule has 1 atom stereocenters. The number of nitrogens with zero attached hydrogens (tertiary/aromatic N) is 2. The lowest BCUT2D eigenvalue weighted by molar-refractivity contribution is -0.135. The van der Waals surface area contributed by atoms with E-state index in [1.54, 1.807) is 7.05 Å². The van der Waals surface area contributed by atoms with E-state index in [0.717, 1.165) is 10.5 Å². The average molecular weight is 262 g/mol. The van der Waals surface area contributed by atoms with Crippen LogP contribution in [0.5, 0.6) is 0 Å². The molecular formula is C14H18N2O3. The maximum absolute atomic E-state index is 12.5. The molecule has 5 nitrogen and oxygen atoms in total. The van der Waals surface area contributed by atoms with Crippen LogP contribution in [0, 0.1) is 0 Å². The molecule has 1 unspecified atom stereocenters. The Hall–Kier alpha value is -1.88. The van der Waals surface area contributed by atoms with E-state index in [-0.39, 0.29) is 18.5 Å². The highest BCUT2D eigenvalue weighted by atomic mass is 16.5. The van der Waals surface area contributed by atoms with Gasteiger partial charge in [-0.05, 0) is 12.5 Å². The van der Waals surface area contributed by atoms with Crippen molar-refractivity contribution in [2.75, 3.05) is 27.3 Å². The summed E-state index contributed by atoms with van der Waals surface area (Å²) in [5.74, 6) is -0.250. The lowest BCUT2D eigenvalue weighted by Gasteiger charge is -2.32. The van der Waals surface area contributed by atoms with E-state index in [9.17, 15) is 9.59 Å². The van der Waals surface area contributed by atoms with E-state index in [2.05, 4.69) is 0 Å². The van der Waals surface area contributed by atoms with Crippen molar-refractivity contribution in [3.63, 3.8) is 0 Å². The first-order valence-corrected chi connectivity index (χ1v) is 6.25. The zero-order valence-electron chi connectivity index (χ0n) is 11.4. The van der Waals surface area contributed by atoms with Gasteiger partial charge < -0.3 is 9.64 Å². The number of benzene rings is 1. The van der Waals surface area contributed by atoms with Crippen molar-refractivity contribution in [2.45, 2.75) is 12.5 Å². The van der Waals surface area contributed by atoms with Crippen molar-refractivity contribution >= 4 is 11.9 Å². The second-order valence-electron chi connectivity index (χ2n) is 4.57. The molecule has 1 heterocycles. The summed E-state index contributed by atoms with van der Waals surface area (Å²) in [6.45, 7) is 2.52. The first kappa shape index (κ1) is 13.5. The van der Waals surface area contributed by atoms with E-state index < -0.39 is 5.54 Å². The number of urea groups is 1. The second kappa shape index (κ2) is 5.01. The lowest BCUT2D eigenvalue weighted by atomic mass is 9.89. The number of hydrogen-bond donors (Lipinski definition) is 0. The van der Waals surface area contributed by atoms with Crippen LogP contribution in [0.2, 0.25) is 0 Å². The number of likely N-dealkylation sites (N-methyl/N-ethyl adjacent to an activating group) is 2. The van der Waals surface area contributed by atoms with Gasteiger partial charge in [-0.1, -0.05) is 30.3 Å². The Balaban J connectivity index is 2.52. The molecule has 19 heavy (non-hydrogen) atoms. The lowest BCUT2D eigenvalue weighted by Crippen LogP contribution is -2.48. The molecule has 1 aliphatic heterocycles. The van der Waals surface area contributed by atoms with Gasteiger partial charge in [0.25, 0.3) is 5.91 Å². The molecule has 5 heteroatoms. The average Bonchev–Trinajstić information content (AvgIpc) is 2.61. The van der Waals surface area contributed by atoms with Gasteiger partial charge >= 0.3 is 6.03 Å². The van der Waals surface area contributed by atoms with Gasteiger partial charge in [-0.25, -0.2) is 4.79 Å². The first-order chi connectivity index (χ1) is 9.05. The van der Waals surface area contributed by atoms with Gasteiger partial charge in [-0.15, -0.1) is 0 Å². The van der Waals surface area contributed by atoms with Crippen LogP contribution >= 0.6 is 0 Å². The Bertz CT molecular complexity index is 489. The third-order valence-electron chi connectivity index (χ3n) is 3.57. The number of carbonyl (C=O) groups is 2. The molecule has 102 valence electrons. The third-order valence-corrected chi connectivity index (χ3v) is 3.57. The highest BCUT2D eigenvalue weighted by Gasteiger charge is 2.55. The maximum Gasteiger partial charge on any atom is 0.327 e. The Morgan fingerprint density at radius 2 is 1.79 bits per heavy atom. The minimum absolute atomic E-state index is 0.166. The van der Waals surface area contributed by atoms with Gasteiger partial charge in [0.2, 0.25) is 0 Å². The smallest absolute Gasteiger partial charge is 0.327 e. The Morgan fingerprint density at radius 1 is 1.16 bits per heavy atom. The normalized spacial score (nSPS) is 23.3. The van der Waals surface area contributed by atoms with E-state index in [4.69, 9.17) is 4.74 Å². The zero-order chi connectivity index (χ0) is 14.0. The van der Waals surface area contributed by atoms with Gasteiger partial charge in [-0.2, -0.15) is 0 Å². The summed E-state index contributed by atoms with van der Waals surface area (Å²) in [4.78, 5) is 27.2. The van der Waals surface area contributed by atoms with Crippen molar-refractivity contribution in [3.05, 3.63) is 35.9 Å². The molecule has 1 saturated heterocycles. The Kier molecular flexibility index (Phi) is 3.57. The third kappa shape index (κ3) is 1.90. The number of carbonyl (C=O) groups excluding carboxylic acids is 2. The van der Waals surface area contributed by atoms with Crippen molar-refractivity contribution in [1.82, 2.24) is 9.80 Å².